The van der Waals surface area contributed by atoms with Crippen molar-refractivity contribution in [3.63, 3.8) is 0 Å². The number of allylic oxidation sites excluding steroid dienone is 20. The van der Waals surface area contributed by atoms with E-state index in [1.54, 1.807) is 0 Å². The van der Waals surface area contributed by atoms with E-state index in [4.69, 9.17) is 0 Å². The van der Waals surface area contributed by atoms with Gasteiger partial charge in [-0.3, -0.25) is 0 Å². The van der Waals surface area contributed by atoms with Crippen molar-refractivity contribution in [1.29, 1.82) is 0 Å². The zero-order chi connectivity index (χ0) is 14.6. The molecule has 0 aromatic heterocycles. The van der Waals surface area contributed by atoms with Crippen LogP contribution in [0.25, 0.3) is 0 Å². The second kappa shape index (κ2) is 4.20. The van der Waals surface area contributed by atoms with Gasteiger partial charge in [-0.05, 0) is 33.9 Å². The van der Waals surface area contributed by atoms with Crippen LogP contribution in [0.4, 0.5) is 0 Å². The lowest BCUT2D eigenvalue weighted by Gasteiger charge is -2.40. The molecular weight excluding hydrogens is 264 g/mol. The zero-order valence-electron chi connectivity index (χ0n) is 12.2. The monoisotopic (exact) mass is 280 g/mol. The lowest BCUT2D eigenvalue weighted by atomic mass is 9.62. The smallest absolute Gasteiger partial charge is 0.0572 e. The van der Waals surface area contributed by atoms with Crippen molar-refractivity contribution in [3.05, 3.63) is 119 Å². The van der Waals surface area contributed by atoms with Crippen LogP contribution in [0.5, 0.6) is 0 Å². The Hall–Kier alpha value is -2.60. The highest BCUT2D eigenvalue weighted by Crippen LogP contribution is 2.51. The SMILES string of the molecule is C1=CC2=CC=C3C=C4C=CC=C5C=CC=CC54C=C3C2C=C1. The molecular formula is C22H16. The van der Waals surface area contributed by atoms with E-state index in [0.717, 1.165) is 0 Å². The molecule has 0 aliphatic heterocycles. The Kier molecular flexibility index (Phi) is 2.29. The van der Waals surface area contributed by atoms with Crippen LogP contribution in [0.2, 0.25) is 0 Å². The lowest BCUT2D eigenvalue weighted by Crippen LogP contribution is -2.28. The van der Waals surface area contributed by atoms with Crippen LogP contribution in [0.3, 0.4) is 0 Å². The van der Waals surface area contributed by atoms with E-state index in [-0.39, 0.29) is 5.41 Å². The van der Waals surface area contributed by atoms with Crippen molar-refractivity contribution in [2.45, 2.75) is 0 Å². The quantitative estimate of drug-likeness (QED) is 0.581. The van der Waals surface area contributed by atoms with Gasteiger partial charge >= 0.3 is 0 Å². The highest BCUT2D eigenvalue weighted by Gasteiger charge is 2.39. The molecule has 0 saturated heterocycles. The summed E-state index contributed by atoms with van der Waals surface area (Å²) < 4.78 is 0. The molecule has 104 valence electrons. The van der Waals surface area contributed by atoms with Crippen molar-refractivity contribution in [2.75, 3.05) is 0 Å². The molecule has 0 heterocycles. The van der Waals surface area contributed by atoms with Gasteiger partial charge in [0.2, 0.25) is 0 Å². The van der Waals surface area contributed by atoms with E-state index in [1.807, 2.05) is 0 Å². The van der Waals surface area contributed by atoms with Gasteiger partial charge in [-0.25, -0.2) is 0 Å². The maximum atomic E-state index is 2.48. The highest BCUT2D eigenvalue weighted by molar-refractivity contribution is 5.68. The zero-order valence-corrected chi connectivity index (χ0v) is 12.2. The van der Waals surface area contributed by atoms with E-state index >= 15 is 0 Å². The summed E-state index contributed by atoms with van der Waals surface area (Å²) in [6, 6.07) is 0. The minimum Gasteiger partial charge on any atom is -0.0726 e. The maximum Gasteiger partial charge on any atom is 0.0572 e. The molecule has 2 unspecified atom stereocenters. The van der Waals surface area contributed by atoms with E-state index in [1.165, 1.54) is 27.9 Å². The van der Waals surface area contributed by atoms with Crippen LogP contribution in [-0.2, 0) is 0 Å². The third-order valence-electron chi connectivity index (χ3n) is 5.13. The summed E-state index contributed by atoms with van der Waals surface area (Å²) in [6.07, 6.45) is 33.7. The Morgan fingerprint density at radius 2 is 1.68 bits per heavy atom. The molecule has 0 saturated carbocycles. The van der Waals surface area contributed by atoms with Gasteiger partial charge in [0.25, 0.3) is 0 Å². The lowest BCUT2D eigenvalue weighted by molar-refractivity contribution is 0.694. The molecule has 5 aliphatic carbocycles. The molecule has 0 bridgehead atoms. The molecule has 0 N–H and O–H groups in total. The third-order valence-corrected chi connectivity index (χ3v) is 5.13. The van der Waals surface area contributed by atoms with Crippen LogP contribution in [0.1, 0.15) is 0 Å². The summed E-state index contributed by atoms with van der Waals surface area (Å²) in [5.74, 6) is 0.392. The first-order valence-electron chi connectivity index (χ1n) is 7.84. The van der Waals surface area contributed by atoms with Gasteiger partial charge in [-0.15, -0.1) is 0 Å². The molecule has 0 nitrogen and oxygen atoms in total. The summed E-state index contributed by atoms with van der Waals surface area (Å²) in [5.41, 5.74) is 6.83. The van der Waals surface area contributed by atoms with Gasteiger partial charge < -0.3 is 0 Å². The molecule has 0 amide bonds. The normalized spacial score (nSPS) is 32.7. The van der Waals surface area contributed by atoms with E-state index in [0.29, 0.717) is 5.92 Å². The predicted molar refractivity (Wildman–Crippen MR) is 92.0 cm³/mol. The largest absolute Gasteiger partial charge is 0.0726 e. The van der Waals surface area contributed by atoms with Crippen molar-refractivity contribution in [1.82, 2.24) is 0 Å². The Morgan fingerprint density at radius 1 is 0.773 bits per heavy atom. The predicted octanol–water partition coefficient (Wildman–Crippen LogP) is 5.07. The molecule has 2 atom stereocenters. The summed E-state index contributed by atoms with van der Waals surface area (Å²) in [7, 11) is 0. The van der Waals surface area contributed by atoms with Crippen molar-refractivity contribution < 1.29 is 0 Å². The van der Waals surface area contributed by atoms with Gasteiger partial charge in [0.15, 0.2) is 0 Å². The fourth-order valence-corrected chi connectivity index (χ4v) is 4.01. The van der Waals surface area contributed by atoms with Gasteiger partial charge in [0.05, 0.1) is 5.41 Å². The highest BCUT2D eigenvalue weighted by atomic mass is 14.4. The van der Waals surface area contributed by atoms with E-state index < -0.39 is 0 Å². The van der Waals surface area contributed by atoms with Crippen molar-refractivity contribution >= 4 is 0 Å². The Bertz CT molecular complexity index is 869. The molecule has 5 aliphatic rings. The van der Waals surface area contributed by atoms with Gasteiger partial charge in [0.1, 0.15) is 0 Å². The number of hydrogen-bond acceptors (Lipinski definition) is 0. The Balaban J connectivity index is 1.75. The van der Waals surface area contributed by atoms with Crippen LogP contribution >= 0.6 is 0 Å². The van der Waals surface area contributed by atoms with Crippen LogP contribution in [-0.4, -0.2) is 0 Å². The fourth-order valence-electron chi connectivity index (χ4n) is 4.01. The second-order valence-corrected chi connectivity index (χ2v) is 6.28. The molecule has 1 spiro atoms. The van der Waals surface area contributed by atoms with Crippen LogP contribution in [0, 0.1) is 11.3 Å². The van der Waals surface area contributed by atoms with Crippen molar-refractivity contribution in [2.24, 2.45) is 11.3 Å². The van der Waals surface area contributed by atoms with Gasteiger partial charge in [-0.1, -0.05) is 85.1 Å². The summed E-state index contributed by atoms with van der Waals surface area (Å²) >= 11 is 0. The minimum atomic E-state index is -0.0758. The molecule has 0 fully saturated rings. The second-order valence-electron chi connectivity index (χ2n) is 6.28. The van der Waals surface area contributed by atoms with E-state index in [9.17, 15) is 0 Å². The summed E-state index contributed by atoms with van der Waals surface area (Å²) in [5, 5.41) is 0. The van der Waals surface area contributed by atoms with Crippen LogP contribution in [0.15, 0.2) is 119 Å². The van der Waals surface area contributed by atoms with Gasteiger partial charge in [-0.2, -0.15) is 0 Å². The number of hydrogen-bond donors (Lipinski definition) is 0. The molecule has 0 aromatic carbocycles. The molecule has 5 rings (SSSR count). The van der Waals surface area contributed by atoms with Crippen molar-refractivity contribution in [3.8, 4) is 0 Å². The van der Waals surface area contributed by atoms with E-state index in [2.05, 4.69) is 91.1 Å². The number of rotatable bonds is 0. The number of fused-ring (bicyclic) bond motifs is 3. The summed E-state index contributed by atoms with van der Waals surface area (Å²) in [6.45, 7) is 0. The Labute approximate surface area is 130 Å². The first-order chi connectivity index (χ1) is 10.9. The van der Waals surface area contributed by atoms with Crippen LogP contribution < -0.4 is 0 Å². The first kappa shape index (κ1) is 12.0. The fraction of sp³-hybridized carbons (Fsp3) is 0.0909. The van der Waals surface area contributed by atoms with Gasteiger partial charge in [0, 0.05) is 5.92 Å². The topological polar surface area (TPSA) is 0 Å². The Morgan fingerprint density at radius 3 is 2.68 bits per heavy atom. The molecule has 0 radical (unpaired) electrons. The molecule has 0 heteroatoms. The average molecular weight is 280 g/mol. The molecule has 22 heavy (non-hydrogen) atoms. The molecule has 0 aromatic rings. The third kappa shape index (κ3) is 1.47. The standard InChI is InChI=1S/C22H16/c1-2-10-20-16(6-1)11-12-17-14-19-9-5-8-18-7-3-4-13-22(18,19)15-21(17)20/h1-15,20H. The maximum absolute atomic E-state index is 2.48. The first-order valence-corrected chi connectivity index (χ1v) is 7.84. The summed E-state index contributed by atoms with van der Waals surface area (Å²) in [4.78, 5) is 0. The average Bonchev–Trinajstić information content (AvgIpc) is 2.58. The minimum absolute atomic E-state index is 0.0758.